The summed E-state index contributed by atoms with van der Waals surface area (Å²) >= 11 is 3.23. The van der Waals surface area contributed by atoms with Gasteiger partial charge in [-0.1, -0.05) is 12.1 Å². The molecule has 0 spiro atoms. The molecule has 2 heterocycles. The fourth-order valence-electron chi connectivity index (χ4n) is 1.50. The highest BCUT2D eigenvalue weighted by Crippen LogP contribution is 2.33. The van der Waals surface area contributed by atoms with E-state index < -0.39 is 5.97 Å². The zero-order valence-electron chi connectivity index (χ0n) is 7.92. The third-order valence-electron chi connectivity index (χ3n) is 2.15. The average Bonchev–Trinajstić information content (AvgIpc) is 2.87. The molecule has 0 atom stereocenters. The van der Waals surface area contributed by atoms with Crippen LogP contribution in [0.3, 0.4) is 0 Å². The van der Waals surface area contributed by atoms with Crippen LogP contribution in [0, 0.1) is 0 Å². The molecule has 2 aromatic rings. The van der Waals surface area contributed by atoms with Crippen LogP contribution >= 0.6 is 22.7 Å². The Kier molecular flexibility index (Phi) is 3.18. The smallest absolute Gasteiger partial charge is 0.304 e. The van der Waals surface area contributed by atoms with Crippen molar-refractivity contribution < 1.29 is 9.90 Å². The number of carboxylic acids is 1. The second kappa shape index (κ2) is 4.59. The standard InChI is InChI=1S/C11H10O2S2/c12-11(13)7-8(9-3-1-5-14-9)10-4-2-6-15-10/h1-6,8H,7H2,(H,12,13). The van der Waals surface area contributed by atoms with Crippen molar-refractivity contribution in [3.63, 3.8) is 0 Å². The summed E-state index contributed by atoms with van der Waals surface area (Å²) in [5.74, 6) is -0.732. The highest BCUT2D eigenvalue weighted by molar-refractivity contribution is 7.11. The SMILES string of the molecule is O=C(O)CC(c1cccs1)c1cccs1. The zero-order valence-corrected chi connectivity index (χ0v) is 9.55. The van der Waals surface area contributed by atoms with E-state index in [0.29, 0.717) is 0 Å². The minimum absolute atomic E-state index is 0.0162. The van der Waals surface area contributed by atoms with Gasteiger partial charge in [0.05, 0.1) is 6.42 Å². The molecule has 0 saturated carbocycles. The van der Waals surface area contributed by atoms with Gasteiger partial charge in [-0.15, -0.1) is 22.7 Å². The van der Waals surface area contributed by atoms with Crippen molar-refractivity contribution in [1.29, 1.82) is 0 Å². The quantitative estimate of drug-likeness (QED) is 0.886. The Morgan fingerprint density at radius 1 is 1.20 bits per heavy atom. The first-order valence-corrected chi connectivity index (χ1v) is 6.32. The van der Waals surface area contributed by atoms with Crippen LogP contribution < -0.4 is 0 Å². The summed E-state index contributed by atoms with van der Waals surface area (Å²) < 4.78 is 0. The normalized spacial score (nSPS) is 10.7. The number of aliphatic carboxylic acids is 1. The van der Waals surface area contributed by atoms with Crippen LogP contribution in [0.2, 0.25) is 0 Å². The zero-order chi connectivity index (χ0) is 10.7. The van der Waals surface area contributed by atoms with Gasteiger partial charge < -0.3 is 5.11 Å². The molecular weight excluding hydrogens is 228 g/mol. The number of thiophene rings is 2. The maximum Gasteiger partial charge on any atom is 0.304 e. The van der Waals surface area contributed by atoms with Crippen LogP contribution in [0.5, 0.6) is 0 Å². The maximum atomic E-state index is 10.8. The van der Waals surface area contributed by atoms with E-state index in [0.717, 1.165) is 9.75 Å². The van der Waals surface area contributed by atoms with Gasteiger partial charge in [-0.25, -0.2) is 0 Å². The van der Waals surface area contributed by atoms with Crippen molar-refractivity contribution in [2.45, 2.75) is 12.3 Å². The fraction of sp³-hybridized carbons (Fsp3) is 0.182. The Balaban J connectivity index is 2.29. The van der Waals surface area contributed by atoms with Crippen molar-refractivity contribution in [3.8, 4) is 0 Å². The highest BCUT2D eigenvalue weighted by Gasteiger charge is 2.19. The lowest BCUT2D eigenvalue weighted by atomic mass is 10.0. The van der Waals surface area contributed by atoms with E-state index in [1.54, 1.807) is 22.7 Å². The third-order valence-corrected chi connectivity index (χ3v) is 4.12. The molecule has 0 fully saturated rings. The van der Waals surface area contributed by atoms with Crippen molar-refractivity contribution in [2.24, 2.45) is 0 Å². The van der Waals surface area contributed by atoms with Crippen LogP contribution in [-0.2, 0) is 4.79 Å². The van der Waals surface area contributed by atoms with Gasteiger partial charge in [0.25, 0.3) is 0 Å². The maximum absolute atomic E-state index is 10.8. The predicted octanol–water partition coefficient (Wildman–Crippen LogP) is 3.42. The molecule has 0 unspecified atom stereocenters. The molecule has 0 amide bonds. The Morgan fingerprint density at radius 3 is 2.07 bits per heavy atom. The minimum atomic E-state index is -0.748. The molecule has 2 aromatic heterocycles. The van der Waals surface area contributed by atoms with Gasteiger partial charge in [0, 0.05) is 15.7 Å². The minimum Gasteiger partial charge on any atom is -0.481 e. The average molecular weight is 238 g/mol. The van der Waals surface area contributed by atoms with Crippen LogP contribution in [0.15, 0.2) is 35.0 Å². The molecule has 2 rings (SSSR count). The van der Waals surface area contributed by atoms with Gasteiger partial charge in [0.15, 0.2) is 0 Å². The molecule has 78 valence electrons. The summed E-state index contributed by atoms with van der Waals surface area (Å²) in [5.41, 5.74) is 0. The Morgan fingerprint density at radius 2 is 1.73 bits per heavy atom. The van der Waals surface area contributed by atoms with Crippen molar-refractivity contribution >= 4 is 28.6 Å². The lowest BCUT2D eigenvalue weighted by molar-refractivity contribution is -0.137. The van der Waals surface area contributed by atoms with E-state index in [-0.39, 0.29) is 12.3 Å². The van der Waals surface area contributed by atoms with Gasteiger partial charge in [-0.2, -0.15) is 0 Å². The summed E-state index contributed by atoms with van der Waals surface area (Å²) in [4.78, 5) is 13.1. The molecule has 0 bridgehead atoms. The molecule has 0 saturated heterocycles. The molecule has 0 aliphatic heterocycles. The monoisotopic (exact) mass is 238 g/mol. The van der Waals surface area contributed by atoms with Gasteiger partial charge in [0.1, 0.15) is 0 Å². The molecule has 0 radical (unpaired) electrons. The Bertz CT molecular complexity index is 383. The van der Waals surface area contributed by atoms with E-state index in [9.17, 15) is 4.79 Å². The van der Waals surface area contributed by atoms with Crippen LogP contribution in [-0.4, -0.2) is 11.1 Å². The largest absolute Gasteiger partial charge is 0.481 e. The number of carbonyl (C=O) groups is 1. The molecule has 0 aromatic carbocycles. The van der Waals surface area contributed by atoms with Crippen LogP contribution in [0.1, 0.15) is 22.1 Å². The summed E-state index contributed by atoms with van der Waals surface area (Å²) in [6, 6.07) is 7.92. The molecule has 15 heavy (non-hydrogen) atoms. The highest BCUT2D eigenvalue weighted by atomic mass is 32.1. The fourth-order valence-corrected chi connectivity index (χ4v) is 3.26. The molecule has 4 heteroatoms. The van der Waals surface area contributed by atoms with E-state index in [2.05, 4.69) is 0 Å². The Labute approximate surface area is 95.8 Å². The topological polar surface area (TPSA) is 37.3 Å². The first kappa shape index (κ1) is 10.4. The number of carboxylic acid groups (broad SMARTS) is 1. The van der Waals surface area contributed by atoms with Crippen molar-refractivity contribution in [3.05, 3.63) is 44.8 Å². The summed E-state index contributed by atoms with van der Waals surface area (Å²) in [5, 5.41) is 12.9. The van der Waals surface area contributed by atoms with Gasteiger partial charge >= 0.3 is 5.97 Å². The third kappa shape index (κ3) is 2.46. The first-order valence-electron chi connectivity index (χ1n) is 4.56. The van der Waals surface area contributed by atoms with Gasteiger partial charge in [-0.05, 0) is 22.9 Å². The Hall–Kier alpha value is -1.13. The van der Waals surface area contributed by atoms with E-state index >= 15 is 0 Å². The summed E-state index contributed by atoms with van der Waals surface area (Å²) in [6.07, 6.45) is 0.168. The number of hydrogen-bond donors (Lipinski definition) is 1. The van der Waals surface area contributed by atoms with Crippen LogP contribution in [0.25, 0.3) is 0 Å². The van der Waals surface area contributed by atoms with Gasteiger partial charge in [-0.3, -0.25) is 4.79 Å². The number of hydrogen-bond acceptors (Lipinski definition) is 3. The second-order valence-electron chi connectivity index (χ2n) is 3.18. The lowest BCUT2D eigenvalue weighted by Gasteiger charge is -2.10. The van der Waals surface area contributed by atoms with E-state index in [4.69, 9.17) is 5.11 Å². The first-order chi connectivity index (χ1) is 7.27. The predicted molar refractivity (Wildman–Crippen MR) is 62.7 cm³/mol. The van der Waals surface area contributed by atoms with E-state index in [1.165, 1.54) is 0 Å². The van der Waals surface area contributed by atoms with Gasteiger partial charge in [0.2, 0.25) is 0 Å². The molecular formula is C11H10O2S2. The molecule has 0 aliphatic carbocycles. The summed E-state index contributed by atoms with van der Waals surface area (Å²) in [7, 11) is 0. The second-order valence-corrected chi connectivity index (χ2v) is 5.14. The number of rotatable bonds is 4. The van der Waals surface area contributed by atoms with Crippen LogP contribution in [0.4, 0.5) is 0 Å². The van der Waals surface area contributed by atoms with Crippen molar-refractivity contribution in [2.75, 3.05) is 0 Å². The molecule has 2 nitrogen and oxygen atoms in total. The van der Waals surface area contributed by atoms with E-state index in [1.807, 2.05) is 35.0 Å². The lowest BCUT2D eigenvalue weighted by Crippen LogP contribution is -2.04. The molecule has 0 aliphatic rings. The van der Waals surface area contributed by atoms with Crippen molar-refractivity contribution in [1.82, 2.24) is 0 Å². The molecule has 1 N–H and O–H groups in total. The summed E-state index contributed by atoms with van der Waals surface area (Å²) in [6.45, 7) is 0.